The number of likely N-dealkylation sites (N-methyl/N-ethyl adjacent to an activating group) is 1. The molecule has 1 aliphatic rings. The van der Waals surface area contributed by atoms with E-state index in [0.29, 0.717) is 5.56 Å². The van der Waals surface area contributed by atoms with E-state index < -0.39 is 0 Å². The average Bonchev–Trinajstić information content (AvgIpc) is 2.60. The quantitative estimate of drug-likeness (QED) is 0.805. The number of unbranched alkanes of at least 4 members (excludes halogenated alkanes) is 1. The van der Waals surface area contributed by atoms with Crippen LogP contribution < -0.4 is 5.32 Å². The van der Waals surface area contributed by atoms with Gasteiger partial charge in [-0.05, 0) is 49.2 Å². The van der Waals surface area contributed by atoms with E-state index in [1.54, 1.807) is 6.20 Å². The van der Waals surface area contributed by atoms with Crippen molar-refractivity contribution >= 4 is 27.5 Å². The van der Waals surface area contributed by atoms with Gasteiger partial charge in [-0.2, -0.15) is 0 Å². The standard InChI is InChI=1S/C20H24BrN3O/c1-3-4-5-14-6-7-15(11-18(14)21)20(25)23-17-10-16-13-24(2)9-8-19(16)22-12-17/h6-7,10-12H,3-5,8-9,13H2,1-2H3,(H,23,25). The first-order valence-corrected chi connectivity index (χ1v) is 9.62. The fourth-order valence-corrected chi connectivity index (χ4v) is 3.67. The molecule has 2 heterocycles. The molecule has 0 atom stereocenters. The molecule has 1 N–H and O–H groups in total. The number of aryl methyl sites for hydroxylation is 1. The molecule has 0 fully saturated rings. The Morgan fingerprint density at radius 2 is 2.20 bits per heavy atom. The summed E-state index contributed by atoms with van der Waals surface area (Å²) in [5.41, 5.74) is 4.99. The normalized spacial score (nSPS) is 14.2. The predicted octanol–water partition coefficient (Wildman–Crippen LogP) is 4.43. The predicted molar refractivity (Wildman–Crippen MR) is 105 cm³/mol. The van der Waals surface area contributed by atoms with Gasteiger partial charge in [0.05, 0.1) is 11.9 Å². The van der Waals surface area contributed by atoms with Crippen molar-refractivity contribution in [1.29, 1.82) is 0 Å². The van der Waals surface area contributed by atoms with Crippen molar-refractivity contribution in [3.05, 3.63) is 57.3 Å². The van der Waals surface area contributed by atoms with E-state index in [1.165, 1.54) is 11.1 Å². The number of rotatable bonds is 5. The van der Waals surface area contributed by atoms with Crippen LogP contribution in [-0.4, -0.2) is 29.4 Å². The van der Waals surface area contributed by atoms with Gasteiger partial charge >= 0.3 is 0 Å². The third-order valence-electron chi connectivity index (χ3n) is 4.60. The number of nitrogens with zero attached hydrogens (tertiary/aromatic N) is 2. The number of carbonyl (C=O) groups is 1. The van der Waals surface area contributed by atoms with Crippen molar-refractivity contribution in [3.8, 4) is 0 Å². The van der Waals surface area contributed by atoms with Gasteiger partial charge in [-0.15, -0.1) is 0 Å². The van der Waals surface area contributed by atoms with Gasteiger partial charge in [0, 0.05) is 35.2 Å². The van der Waals surface area contributed by atoms with E-state index in [-0.39, 0.29) is 5.91 Å². The van der Waals surface area contributed by atoms with Gasteiger partial charge in [0.25, 0.3) is 5.91 Å². The summed E-state index contributed by atoms with van der Waals surface area (Å²) in [7, 11) is 2.10. The van der Waals surface area contributed by atoms with Crippen LogP contribution in [0.5, 0.6) is 0 Å². The first-order valence-electron chi connectivity index (χ1n) is 8.83. The van der Waals surface area contributed by atoms with E-state index in [9.17, 15) is 4.79 Å². The third-order valence-corrected chi connectivity index (χ3v) is 5.34. The second kappa shape index (κ2) is 8.11. The molecule has 0 spiro atoms. The number of aromatic nitrogens is 1. The van der Waals surface area contributed by atoms with Gasteiger partial charge in [0.15, 0.2) is 0 Å². The molecule has 25 heavy (non-hydrogen) atoms. The molecule has 0 bridgehead atoms. The van der Waals surface area contributed by atoms with Crippen LogP contribution >= 0.6 is 15.9 Å². The Kier molecular flexibility index (Phi) is 5.86. The van der Waals surface area contributed by atoms with Crippen LogP contribution in [0, 0.1) is 0 Å². The zero-order chi connectivity index (χ0) is 17.8. The van der Waals surface area contributed by atoms with Crippen LogP contribution in [0.25, 0.3) is 0 Å². The molecule has 0 saturated heterocycles. The second-order valence-electron chi connectivity index (χ2n) is 6.68. The van der Waals surface area contributed by atoms with Crippen molar-refractivity contribution in [1.82, 2.24) is 9.88 Å². The lowest BCUT2D eigenvalue weighted by Crippen LogP contribution is -2.27. The molecule has 1 amide bonds. The Hall–Kier alpha value is -1.72. The summed E-state index contributed by atoms with van der Waals surface area (Å²) in [6, 6.07) is 7.87. The molecular formula is C20H24BrN3O. The summed E-state index contributed by atoms with van der Waals surface area (Å²) in [5, 5.41) is 2.97. The zero-order valence-corrected chi connectivity index (χ0v) is 16.4. The summed E-state index contributed by atoms with van der Waals surface area (Å²) >= 11 is 3.59. The highest BCUT2D eigenvalue weighted by molar-refractivity contribution is 9.10. The molecule has 0 radical (unpaired) electrons. The van der Waals surface area contributed by atoms with Crippen LogP contribution in [0.3, 0.4) is 0 Å². The number of halogens is 1. The van der Waals surface area contributed by atoms with Crippen LogP contribution in [-0.2, 0) is 19.4 Å². The first kappa shape index (κ1) is 18.1. The number of hydrogen-bond donors (Lipinski definition) is 1. The SMILES string of the molecule is CCCCc1ccc(C(=O)Nc2cnc3c(c2)CN(C)CC3)cc1Br. The average molecular weight is 402 g/mol. The molecule has 2 aromatic rings. The van der Waals surface area contributed by atoms with Crippen molar-refractivity contribution in [2.45, 2.75) is 39.2 Å². The van der Waals surface area contributed by atoms with Crippen LogP contribution in [0.4, 0.5) is 5.69 Å². The third kappa shape index (κ3) is 4.47. The molecule has 5 heteroatoms. The smallest absolute Gasteiger partial charge is 0.255 e. The van der Waals surface area contributed by atoms with Gasteiger partial charge in [-0.1, -0.05) is 35.3 Å². The Balaban J connectivity index is 1.72. The van der Waals surface area contributed by atoms with E-state index in [2.05, 4.69) is 45.1 Å². The van der Waals surface area contributed by atoms with E-state index in [0.717, 1.165) is 54.6 Å². The van der Waals surface area contributed by atoms with Crippen molar-refractivity contribution < 1.29 is 4.79 Å². The van der Waals surface area contributed by atoms with Crippen LogP contribution in [0.15, 0.2) is 34.9 Å². The number of pyridine rings is 1. The van der Waals surface area contributed by atoms with Crippen LogP contribution in [0.1, 0.15) is 46.9 Å². The minimum Gasteiger partial charge on any atom is -0.321 e. The Bertz CT molecular complexity index is 776. The van der Waals surface area contributed by atoms with Crippen LogP contribution in [0.2, 0.25) is 0 Å². The lowest BCUT2D eigenvalue weighted by Gasteiger charge is -2.24. The second-order valence-corrected chi connectivity index (χ2v) is 7.54. The number of carbonyl (C=O) groups excluding carboxylic acids is 1. The molecule has 0 unspecified atom stereocenters. The van der Waals surface area contributed by atoms with E-state index in [1.807, 2.05) is 24.3 Å². The van der Waals surface area contributed by atoms with Gasteiger partial charge in [-0.25, -0.2) is 0 Å². The van der Waals surface area contributed by atoms with E-state index >= 15 is 0 Å². The van der Waals surface area contributed by atoms with Gasteiger partial charge in [0.2, 0.25) is 0 Å². The number of benzene rings is 1. The summed E-state index contributed by atoms with van der Waals surface area (Å²) in [4.78, 5) is 19.3. The lowest BCUT2D eigenvalue weighted by atomic mass is 10.0. The Morgan fingerprint density at radius 1 is 1.36 bits per heavy atom. The molecule has 1 aliphatic heterocycles. The van der Waals surface area contributed by atoms with Crippen molar-refractivity contribution in [2.24, 2.45) is 0 Å². The van der Waals surface area contributed by atoms with Crippen molar-refractivity contribution in [2.75, 3.05) is 18.9 Å². The maximum Gasteiger partial charge on any atom is 0.255 e. The topological polar surface area (TPSA) is 45.2 Å². The zero-order valence-electron chi connectivity index (χ0n) is 14.8. The number of nitrogens with one attached hydrogen (secondary N) is 1. The molecular weight excluding hydrogens is 378 g/mol. The first-order chi connectivity index (χ1) is 12.1. The fourth-order valence-electron chi connectivity index (χ4n) is 3.10. The summed E-state index contributed by atoms with van der Waals surface area (Å²) < 4.78 is 0.999. The minimum absolute atomic E-state index is 0.103. The van der Waals surface area contributed by atoms with E-state index in [4.69, 9.17) is 0 Å². The Labute approximate surface area is 157 Å². The largest absolute Gasteiger partial charge is 0.321 e. The Morgan fingerprint density at radius 3 is 2.96 bits per heavy atom. The van der Waals surface area contributed by atoms with Gasteiger partial charge in [0.1, 0.15) is 0 Å². The molecule has 1 aromatic carbocycles. The number of hydrogen-bond acceptors (Lipinski definition) is 3. The number of fused-ring (bicyclic) bond motifs is 1. The maximum atomic E-state index is 12.6. The molecule has 0 saturated carbocycles. The summed E-state index contributed by atoms with van der Waals surface area (Å²) in [6.45, 7) is 4.09. The lowest BCUT2D eigenvalue weighted by molar-refractivity contribution is 0.102. The minimum atomic E-state index is -0.103. The molecule has 132 valence electrons. The molecule has 0 aliphatic carbocycles. The molecule has 1 aromatic heterocycles. The maximum absolute atomic E-state index is 12.6. The summed E-state index contributed by atoms with van der Waals surface area (Å²) in [5.74, 6) is -0.103. The fraction of sp³-hybridized carbons (Fsp3) is 0.400. The summed E-state index contributed by atoms with van der Waals surface area (Å²) in [6.07, 6.45) is 6.06. The molecule has 3 rings (SSSR count). The monoisotopic (exact) mass is 401 g/mol. The van der Waals surface area contributed by atoms with Crippen molar-refractivity contribution in [3.63, 3.8) is 0 Å². The van der Waals surface area contributed by atoms with Gasteiger partial charge < -0.3 is 10.2 Å². The van der Waals surface area contributed by atoms with Gasteiger partial charge in [-0.3, -0.25) is 9.78 Å². The molecule has 4 nitrogen and oxygen atoms in total. The number of anilines is 1. The highest BCUT2D eigenvalue weighted by atomic mass is 79.9. The highest BCUT2D eigenvalue weighted by Gasteiger charge is 2.16. The number of amides is 1. The highest BCUT2D eigenvalue weighted by Crippen LogP contribution is 2.23.